The lowest BCUT2D eigenvalue weighted by Crippen LogP contribution is -2.52. The lowest BCUT2D eigenvalue weighted by molar-refractivity contribution is -0.155. The van der Waals surface area contributed by atoms with Crippen LogP contribution in [-0.4, -0.2) is 53.7 Å². The van der Waals surface area contributed by atoms with Crippen molar-refractivity contribution < 1.29 is 19.4 Å². The predicted octanol–water partition coefficient (Wildman–Crippen LogP) is 1.71. The number of ether oxygens (including phenoxy) is 1. The van der Waals surface area contributed by atoms with Crippen LogP contribution in [0, 0.1) is 19.3 Å². The van der Waals surface area contributed by atoms with Crippen molar-refractivity contribution in [2.75, 3.05) is 26.8 Å². The average Bonchev–Trinajstić information content (AvgIpc) is 2.77. The lowest BCUT2D eigenvalue weighted by Gasteiger charge is -2.39. The third kappa shape index (κ3) is 3.08. The summed E-state index contributed by atoms with van der Waals surface area (Å²) in [6.45, 7) is 4.57. The van der Waals surface area contributed by atoms with Crippen LogP contribution in [0.15, 0.2) is 0 Å². The zero-order valence-electron chi connectivity index (χ0n) is 12.5. The number of amides is 1. The smallest absolute Gasteiger partial charge is 0.313 e. The number of carbonyl (C=O) groups is 2. The molecule has 1 aliphatic heterocycles. The second-order valence-corrected chi connectivity index (χ2v) is 6.89. The number of carboxylic acid groups (broad SMARTS) is 1. The Labute approximate surface area is 127 Å². The summed E-state index contributed by atoms with van der Waals surface area (Å²) in [6, 6.07) is 0. The van der Waals surface area contributed by atoms with Gasteiger partial charge in [0.15, 0.2) is 0 Å². The molecule has 7 heteroatoms. The van der Waals surface area contributed by atoms with Gasteiger partial charge in [-0.3, -0.25) is 9.59 Å². The van der Waals surface area contributed by atoms with Crippen molar-refractivity contribution in [3.63, 3.8) is 0 Å². The molecule has 2 heterocycles. The van der Waals surface area contributed by atoms with Crippen molar-refractivity contribution >= 4 is 23.2 Å². The van der Waals surface area contributed by atoms with Crippen molar-refractivity contribution in [1.82, 2.24) is 9.88 Å². The molecular weight excluding hydrogens is 292 g/mol. The molecule has 21 heavy (non-hydrogen) atoms. The third-order valence-corrected chi connectivity index (χ3v) is 4.73. The molecule has 2 rings (SSSR count). The Kier molecular flexibility index (Phi) is 4.63. The van der Waals surface area contributed by atoms with E-state index in [-0.39, 0.29) is 19.1 Å². The van der Waals surface area contributed by atoms with Crippen LogP contribution in [0.3, 0.4) is 0 Å². The molecule has 0 aliphatic carbocycles. The zero-order chi connectivity index (χ0) is 15.6. The van der Waals surface area contributed by atoms with E-state index in [4.69, 9.17) is 4.74 Å². The largest absolute Gasteiger partial charge is 0.481 e. The molecule has 1 fully saturated rings. The Bertz CT molecular complexity index is 553. The standard InChI is InChI=1S/C14H20N2O4S/c1-9-11(15-10(2)21-9)12(17)16-6-4-5-14(7-16,8-20-3)13(18)19/h4-8H2,1-3H3,(H,18,19). The molecule has 116 valence electrons. The van der Waals surface area contributed by atoms with Crippen molar-refractivity contribution in [3.8, 4) is 0 Å². The van der Waals surface area contributed by atoms with Crippen molar-refractivity contribution in [2.24, 2.45) is 5.41 Å². The van der Waals surface area contributed by atoms with Gasteiger partial charge in [-0.05, 0) is 26.7 Å². The van der Waals surface area contributed by atoms with E-state index in [0.717, 1.165) is 9.88 Å². The van der Waals surface area contributed by atoms with Gasteiger partial charge in [0, 0.05) is 25.1 Å². The molecule has 1 aromatic rings. The maximum Gasteiger partial charge on any atom is 0.313 e. The number of aromatic nitrogens is 1. The molecule has 1 saturated heterocycles. The first kappa shape index (κ1) is 15.9. The summed E-state index contributed by atoms with van der Waals surface area (Å²) >= 11 is 1.48. The lowest BCUT2D eigenvalue weighted by atomic mass is 9.80. The molecule has 1 unspecified atom stereocenters. The first-order chi connectivity index (χ1) is 9.89. The average molecular weight is 312 g/mol. The summed E-state index contributed by atoms with van der Waals surface area (Å²) in [4.78, 5) is 30.9. The predicted molar refractivity (Wildman–Crippen MR) is 78.7 cm³/mol. The third-order valence-electron chi connectivity index (χ3n) is 3.84. The van der Waals surface area contributed by atoms with Gasteiger partial charge < -0.3 is 14.7 Å². The Morgan fingerprint density at radius 3 is 2.71 bits per heavy atom. The molecule has 0 saturated carbocycles. The van der Waals surface area contributed by atoms with Gasteiger partial charge in [0.05, 0.1) is 11.6 Å². The van der Waals surface area contributed by atoms with Crippen LogP contribution in [0.2, 0.25) is 0 Å². The molecular formula is C14H20N2O4S. The quantitative estimate of drug-likeness (QED) is 0.915. The number of nitrogens with zero attached hydrogens (tertiary/aromatic N) is 2. The van der Waals surface area contributed by atoms with Gasteiger partial charge >= 0.3 is 5.97 Å². The number of likely N-dealkylation sites (tertiary alicyclic amines) is 1. The second-order valence-electron chi connectivity index (χ2n) is 5.49. The minimum Gasteiger partial charge on any atom is -0.481 e. The summed E-state index contributed by atoms with van der Waals surface area (Å²) in [7, 11) is 1.49. The molecule has 0 radical (unpaired) electrons. The van der Waals surface area contributed by atoms with Gasteiger partial charge in [-0.1, -0.05) is 0 Å². The molecule has 1 amide bonds. The molecule has 6 nitrogen and oxygen atoms in total. The molecule has 1 atom stereocenters. The number of hydrogen-bond donors (Lipinski definition) is 1. The number of rotatable bonds is 4. The Morgan fingerprint density at radius 1 is 1.48 bits per heavy atom. The first-order valence-electron chi connectivity index (χ1n) is 6.85. The number of hydrogen-bond acceptors (Lipinski definition) is 5. The fraction of sp³-hybridized carbons (Fsp3) is 0.643. The van der Waals surface area contributed by atoms with Gasteiger partial charge in [0.2, 0.25) is 0 Å². The molecule has 0 aromatic carbocycles. The van der Waals surface area contributed by atoms with E-state index in [1.165, 1.54) is 18.4 Å². The van der Waals surface area contributed by atoms with Crippen LogP contribution in [0.25, 0.3) is 0 Å². The number of aliphatic carboxylic acids is 1. The van der Waals surface area contributed by atoms with Crippen molar-refractivity contribution in [2.45, 2.75) is 26.7 Å². The highest BCUT2D eigenvalue weighted by Gasteiger charge is 2.44. The fourth-order valence-electron chi connectivity index (χ4n) is 2.81. The monoisotopic (exact) mass is 312 g/mol. The number of carboxylic acids is 1. The van der Waals surface area contributed by atoms with Crippen LogP contribution in [-0.2, 0) is 9.53 Å². The second kappa shape index (κ2) is 6.11. The summed E-state index contributed by atoms with van der Waals surface area (Å²) in [5.41, 5.74) is -0.571. The van der Waals surface area contributed by atoms with Gasteiger partial charge in [-0.2, -0.15) is 0 Å². The van der Waals surface area contributed by atoms with E-state index in [1.54, 1.807) is 4.90 Å². The Hall–Kier alpha value is -1.47. The normalized spacial score (nSPS) is 22.3. The number of methoxy groups -OCH3 is 1. The van der Waals surface area contributed by atoms with Crippen LogP contribution >= 0.6 is 11.3 Å². The Balaban J connectivity index is 2.22. The van der Waals surface area contributed by atoms with E-state index in [9.17, 15) is 14.7 Å². The Morgan fingerprint density at radius 2 is 2.19 bits per heavy atom. The highest BCUT2D eigenvalue weighted by molar-refractivity contribution is 7.11. The maximum absolute atomic E-state index is 12.6. The van der Waals surface area contributed by atoms with E-state index < -0.39 is 11.4 Å². The minimum atomic E-state index is -1.01. The first-order valence-corrected chi connectivity index (χ1v) is 7.67. The van der Waals surface area contributed by atoms with Gasteiger partial charge in [-0.25, -0.2) is 4.98 Å². The number of aryl methyl sites for hydroxylation is 2. The van der Waals surface area contributed by atoms with E-state index in [2.05, 4.69) is 4.98 Å². The van der Waals surface area contributed by atoms with Gasteiger partial charge in [0.25, 0.3) is 5.91 Å². The van der Waals surface area contributed by atoms with Crippen LogP contribution in [0.1, 0.15) is 33.2 Å². The van der Waals surface area contributed by atoms with E-state index in [0.29, 0.717) is 25.1 Å². The highest BCUT2D eigenvalue weighted by atomic mass is 32.1. The SMILES string of the molecule is COCC1(C(=O)O)CCCN(C(=O)c2nc(C)sc2C)C1. The molecule has 0 bridgehead atoms. The number of carbonyl (C=O) groups excluding carboxylic acids is 1. The number of piperidine rings is 1. The fourth-order valence-corrected chi connectivity index (χ4v) is 3.62. The molecule has 0 spiro atoms. The van der Waals surface area contributed by atoms with Crippen molar-refractivity contribution in [3.05, 3.63) is 15.6 Å². The highest BCUT2D eigenvalue weighted by Crippen LogP contribution is 2.32. The van der Waals surface area contributed by atoms with Gasteiger partial charge in [-0.15, -0.1) is 11.3 Å². The molecule has 1 N–H and O–H groups in total. The van der Waals surface area contributed by atoms with Gasteiger partial charge in [0.1, 0.15) is 11.1 Å². The maximum atomic E-state index is 12.6. The van der Waals surface area contributed by atoms with E-state index in [1.807, 2.05) is 13.8 Å². The van der Waals surface area contributed by atoms with Crippen LogP contribution in [0.4, 0.5) is 0 Å². The topological polar surface area (TPSA) is 79.7 Å². The summed E-state index contributed by atoms with van der Waals surface area (Å²) < 4.78 is 5.08. The van der Waals surface area contributed by atoms with E-state index >= 15 is 0 Å². The van der Waals surface area contributed by atoms with Crippen molar-refractivity contribution in [1.29, 1.82) is 0 Å². The summed E-state index contributed by atoms with van der Waals surface area (Å²) in [5, 5.41) is 10.4. The van der Waals surface area contributed by atoms with Crippen LogP contribution in [0.5, 0.6) is 0 Å². The summed E-state index contributed by atoms with van der Waals surface area (Å²) in [5.74, 6) is -1.09. The zero-order valence-corrected chi connectivity index (χ0v) is 13.3. The van der Waals surface area contributed by atoms with Crippen LogP contribution < -0.4 is 0 Å². The molecule has 1 aromatic heterocycles. The molecule has 1 aliphatic rings. The summed E-state index contributed by atoms with van der Waals surface area (Å²) in [6.07, 6.45) is 1.18. The number of thiazole rings is 1. The minimum absolute atomic E-state index is 0.112.